The van der Waals surface area contributed by atoms with Gasteiger partial charge in [0.05, 0.1) is 11.9 Å². The minimum absolute atomic E-state index is 0.223. The molecule has 150 valence electrons. The molecule has 0 amide bonds. The average molecular weight is 395 g/mol. The van der Waals surface area contributed by atoms with Crippen LogP contribution < -0.4 is 9.57 Å². The molecule has 1 aliphatic carbocycles. The Morgan fingerprint density at radius 2 is 1.93 bits per heavy atom. The van der Waals surface area contributed by atoms with Crippen molar-refractivity contribution < 1.29 is 17.9 Å². The van der Waals surface area contributed by atoms with E-state index in [-0.39, 0.29) is 17.7 Å². The Balaban J connectivity index is 1.41. The van der Waals surface area contributed by atoms with Crippen LogP contribution in [0, 0.1) is 5.92 Å². The van der Waals surface area contributed by atoms with Gasteiger partial charge < -0.3 is 4.74 Å². The van der Waals surface area contributed by atoms with Gasteiger partial charge in [-0.15, -0.1) is 4.83 Å². The Morgan fingerprint density at radius 1 is 1.22 bits per heavy atom. The van der Waals surface area contributed by atoms with Crippen molar-refractivity contribution in [1.82, 2.24) is 9.84 Å². The summed E-state index contributed by atoms with van der Waals surface area (Å²) in [6, 6.07) is 7.62. The van der Waals surface area contributed by atoms with Crippen LogP contribution in [0.4, 0.5) is 0 Å². The Labute approximate surface area is 162 Å². The molecule has 27 heavy (non-hydrogen) atoms. The number of nitrogens with zero attached hydrogens (tertiary/aromatic N) is 1. The molecular weight excluding hydrogens is 364 g/mol. The molecule has 1 saturated carbocycles. The normalized spacial score (nSPS) is 20.9. The number of benzene rings is 1. The predicted octanol–water partition coefficient (Wildman–Crippen LogP) is 3.15. The quantitative estimate of drug-likeness (QED) is 0.487. The summed E-state index contributed by atoms with van der Waals surface area (Å²) in [5, 5.41) is 1.44. The molecule has 1 atom stereocenters. The zero-order valence-electron chi connectivity index (χ0n) is 16.2. The number of hydrazine groups is 1. The van der Waals surface area contributed by atoms with Crippen LogP contribution in [0.15, 0.2) is 24.3 Å². The lowest BCUT2D eigenvalue weighted by Crippen LogP contribution is -2.47. The number of hydrogen-bond donors (Lipinski definition) is 1. The molecule has 1 aliphatic heterocycles. The lowest BCUT2D eigenvalue weighted by atomic mass is 10.1. The molecule has 0 radical (unpaired) electrons. The van der Waals surface area contributed by atoms with Gasteiger partial charge in [-0.1, -0.05) is 0 Å². The fraction of sp³-hybridized carbons (Fsp3) is 0.650. The highest BCUT2D eigenvalue weighted by molar-refractivity contribution is 7.90. The summed E-state index contributed by atoms with van der Waals surface area (Å²) in [4.78, 5) is 14.7. The molecule has 0 unspecified atom stereocenters. The van der Waals surface area contributed by atoms with Crippen LogP contribution in [0.3, 0.4) is 0 Å². The molecule has 6 nitrogen and oxygen atoms in total. The number of hydrogen-bond acceptors (Lipinski definition) is 5. The van der Waals surface area contributed by atoms with Crippen LogP contribution in [-0.4, -0.2) is 43.7 Å². The van der Waals surface area contributed by atoms with Gasteiger partial charge in [-0.05, 0) is 76.6 Å². The van der Waals surface area contributed by atoms with Crippen molar-refractivity contribution in [2.24, 2.45) is 5.92 Å². The van der Waals surface area contributed by atoms with Crippen molar-refractivity contribution in [3.05, 3.63) is 29.8 Å². The van der Waals surface area contributed by atoms with E-state index in [0.717, 1.165) is 56.4 Å². The SMILES string of the molecule is CC(C)S(=O)(=O)NN1CCC[C@@H]1CCCOc1ccc(C(=O)C2CC2)cc1. The Hall–Kier alpha value is -1.44. The Kier molecular flexibility index (Phi) is 6.55. The number of ketones is 1. The second kappa shape index (κ2) is 8.71. The summed E-state index contributed by atoms with van der Waals surface area (Å²) in [6.07, 6.45) is 5.78. The third-order valence-corrected chi connectivity index (χ3v) is 7.01. The van der Waals surface area contributed by atoms with Gasteiger partial charge in [-0.3, -0.25) is 4.79 Å². The number of ether oxygens (including phenoxy) is 1. The van der Waals surface area contributed by atoms with Gasteiger partial charge >= 0.3 is 0 Å². The maximum Gasteiger partial charge on any atom is 0.226 e. The molecule has 0 spiro atoms. The third-order valence-electron chi connectivity index (χ3n) is 5.28. The Bertz CT molecular complexity index is 742. The minimum atomic E-state index is -3.28. The highest BCUT2D eigenvalue weighted by atomic mass is 32.2. The largest absolute Gasteiger partial charge is 0.494 e. The van der Waals surface area contributed by atoms with Crippen LogP contribution in [0.25, 0.3) is 0 Å². The molecule has 1 heterocycles. The highest BCUT2D eigenvalue weighted by Gasteiger charge is 2.30. The molecule has 0 bridgehead atoms. The number of Topliss-reactive ketones (excluding diaryl/α,β-unsaturated/α-hetero) is 1. The van der Waals surface area contributed by atoms with Crippen LogP contribution in [0.1, 0.15) is 62.7 Å². The molecule has 1 aromatic rings. The van der Waals surface area contributed by atoms with E-state index in [1.165, 1.54) is 0 Å². The van der Waals surface area contributed by atoms with Gasteiger partial charge in [0.2, 0.25) is 10.0 Å². The fourth-order valence-corrected chi connectivity index (χ4v) is 4.11. The topological polar surface area (TPSA) is 75.7 Å². The molecule has 1 aromatic carbocycles. The van der Waals surface area contributed by atoms with Gasteiger partial charge in [0.15, 0.2) is 5.78 Å². The van der Waals surface area contributed by atoms with E-state index < -0.39 is 15.3 Å². The predicted molar refractivity (Wildman–Crippen MR) is 105 cm³/mol. The van der Waals surface area contributed by atoms with E-state index in [9.17, 15) is 13.2 Å². The number of rotatable bonds is 10. The lowest BCUT2D eigenvalue weighted by Gasteiger charge is -2.25. The van der Waals surface area contributed by atoms with Crippen molar-refractivity contribution in [3.8, 4) is 5.75 Å². The standard InChI is InChI=1S/C20H30N2O4S/c1-15(2)27(24,25)21-22-13-3-5-18(22)6-4-14-26-19-11-9-17(10-12-19)20(23)16-7-8-16/h9-12,15-16,18,21H,3-8,13-14H2,1-2H3/t18-/m1/s1. The van der Waals surface area contributed by atoms with Crippen molar-refractivity contribution >= 4 is 15.8 Å². The van der Waals surface area contributed by atoms with Crippen molar-refractivity contribution in [2.75, 3.05) is 13.2 Å². The first-order chi connectivity index (χ1) is 12.9. The highest BCUT2D eigenvalue weighted by Crippen LogP contribution is 2.32. The minimum Gasteiger partial charge on any atom is -0.494 e. The first-order valence-electron chi connectivity index (χ1n) is 9.92. The number of sulfonamides is 1. The summed E-state index contributed by atoms with van der Waals surface area (Å²) >= 11 is 0. The van der Waals surface area contributed by atoms with E-state index in [4.69, 9.17) is 4.74 Å². The van der Waals surface area contributed by atoms with E-state index in [1.54, 1.807) is 13.8 Å². The molecule has 7 heteroatoms. The van der Waals surface area contributed by atoms with Gasteiger partial charge in [0, 0.05) is 24.1 Å². The van der Waals surface area contributed by atoms with Crippen LogP contribution in [0.5, 0.6) is 5.75 Å². The smallest absolute Gasteiger partial charge is 0.226 e. The summed E-state index contributed by atoms with van der Waals surface area (Å²) in [6.45, 7) is 4.71. The molecule has 1 N–H and O–H groups in total. The summed E-state index contributed by atoms with van der Waals surface area (Å²) < 4.78 is 29.9. The maximum atomic E-state index is 12.1. The van der Waals surface area contributed by atoms with E-state index in [2.05, 4.69) is 4.83 Å². The number of nitrogens with one attached hydrogen (secondary N) is 1. The fourth-order valence-electron chi connectivity index (χ4n) is 3.33. The average Bonchev–Trinajstić information content (AvgIpc) is 3.40. The van der Waals surface area contributed by atoms with E-state index >= 15 is 0 Å². The zero-order chi connectivity index (χ0) is 19.4. The first-order valence-corrected chi connectivity index (χ1v) is 11.5. The second-order valence-corrected chi connectivity index (χ2v) is 10.0. The molecule has 2 aliphatic rings. The molecule has 3 rings (SSSR count). The third kappa shape index (κ3) is 5.53. The van der Waals surface area contributed by atoms with Crippen LogP contribution >= 0.6 is 0 Å². The van der Waals surface area contributed by atoms with Gasteiger partial charge in [0.25, 0.3) is 0 Å². The maximum absolute atomic E-state index is 12.1. The number of carbonyl (C=O) groups excluding carboxylic acids is 1. The Morgan fingerprint density at radius 3 is 2.56 bits per heavy atom. The second-order valence-electron chi connectivity index (χ2n) is 7.83. The van der Waals surface area contributed by atoms with Crippen molar-refractivity contribution in [2.45, 2.75) is 63.7 Å². The summed E-state index contributed by atoms with van der Waals surface area (Å²) in [5.74, 6) is 1.25. The summed E-state index contributed by atoms with van der Waals surface area (Å²) in [7, 11) is -3.28. The van der Waals surface area contributed by atoms with E-state index in [0.29, 0.717) is 6.61 Å². The monoisotopic (exact) mass is 394 g/mol. The van der Waals surface area contributed by atoms with Crippen LogP contribution in [0.2, 0.25) is 0 Å². The number of carbonyl (C=O) groups is 1. The summed E-state index contributed by atoms with van der Waals surface area (Å²) in [5.41, 5.74) is 0.767. The van der Waals surface area contributed by atoms with Crippen LogP contribution in [-0.2, 0) is 10.0 Å². The molecule has 2 fully saturated rings. The lowest BCUT2D eigenvalue weighted by molar-refractivity contribution is 0.0967. The molecule has 0 aromatic heterocycles. The van der Waals surface area contributed by atoms with Gasteiger partial charge in [-0.25, -0.2) is 13.4 Å². The van der Waals surface area contributed by atoms with Crippen molar-refractivity contribution in [3.63, 3.8) is 0 Å². The molecular formula is C20H30N2O4S. The van der Waals surface area contributed by atoms with Gasteiger partial charge in [-0.2, -0.15) is 0 Å². The molecule has 1 saturated heterocycles. The first kappa shape index (κ1) is 20.3. The van der Waals surface area contributed by atoms with Gasteiger partial charge in [0.1, 0.15) is 5.75 Å². The van der Waals surface area contributed by atoms with E-state index in [1.807, 2.05) is 29.3 Å². The zero-order valence-corrected chi connectivity index (χ0v) is 17.0. The van der Waals surface area contributed by atoms with Crippen molar-refractivity contribution in [1.29, 1.82) is 0 Å².